The van der Waals surface area contributed by atoms with Gasteiger partial charge in [0, 0.05) is 17.4 Å². The van der Waals surface area contributed by atoms with Crippen molar-refractivity contribution in [2.45, 2.75) is 25.7 Å². The molecule has 1 aliphatic heterocycles. The highest BCUT2D eigenvalue weighted by Crippen LogP contribution is 2.57. The molecule has 0 N–H and O–H groups in total. The number of ether oxygens (including phenoxy) is 1. The fourth-order valence-corrected chi connectivity index (χ4v) is 5.04. The SMILES string of the molecule is CC1=CC[C@H](c2ccccc2)[C@]2(C=C(c3ccccc3)OC2=O)[C@H]1CC=C(Br)Br. The molecule has 2 aromatic rings. The highest BCUT2D eigenvalue weighted by atomic mass is 79.9. The lowest BCUT2D eigenvalue weighted by molar-refractivity contribution is -0.146. The van der Waals surface area contributed by atoms with Crippen LogP contribution in [0.3, 0.4) is 0 Å². The van der Waals surface area contributed by atoms with Crippen LogP contribution in [0.25, 0.3) is 5.76 Å². The molecule has 0 fully saturated rings. The zero-order chi connectivity index (χ0) is 20.4. The Morgan fingerprint density at radius 1 is 1.10 bits per heavy atom. The molecule has 0 amide bonds. The largest absolute Gasteiger partial charge is 0.426 e. The predicted octanol–water partition coefficient (Wildman–Crippen LogP) is 7.34. The van der Waals surface area contributed by atoms with Gasteiger partial charge in [0.15, 0.2) is 0 Å². The molecule has 2 aliphatic rings. The molecule has 0 unspecified atom stereocenters. The molecule has 2 nitrogen and oxygen atoms in total. The van der Waals surface area contributed by atoms with Gasteiger partial charge in [0.05, 0.1) is 3.39 Å². The summed E-state index contributed by atoms with van der Waals surface area (Å²) < 4.78 is 6.83. The molecule has 148 valence electrons. The third-order valence-electron chi connectivity index (χ3n) is 6.07. The second-order valence-electron chi connectivity index (χ2n) is 7.63. The van der Waals surface area contributed by atoms with Crippen molar-refractivity contribution in [3.05, 3.63) is 99.0 Å². The highest BCUT2D eigenvalue weighted by Gasteiger charge is 2.56. The predicted molar refractivity (Wildman–Crippen MR) is 125 cm³/mol. The summed E-state index contributed by atoms with van der Waals surface area (Å²) in [7, 11) is 0. The van der Waals surface area contributed by atoms with Crippen molar-refractivity contribution in [1.82, 2.24) is 0 Å². The number of hydrogen-bond acceptors (Lipinski definition) is 2. The van der Waals surface area contributed by atoms with Crippen molar-refractivity contribution in [3.63, 3.8) is 0 Å². The Morgan fingerprint density at radius 3 is 2.41 bits per heavy atom. The van der Waals surface area contributed by atoms with Gasteiger partial charge in [-0.15, -0.1) is 0 Å². The molecule has 29 heavy (non-hydrogen) atoms. The van der Waals surface area contributed by atoms with E-state index in [9.17, 15) is 4.79 Å². The number of allylic oxidation sites excluding steroid dienone is 3. The minimum Gasteiger partial charge on any atom is -0.426 e. The van der Waals surface area contributed by atoms with E-state index in [4.69, 9.17) is 4.74 Å². The summed E-state index contributed by atoms with van der Waals surface area (Å²) in [5.41, 5.74) is 2.62. The topological polar surface area (TPSA) is 26.3 Å². The minimum atomic E-state index is -0.725. The van der Waals surface area contributed by atoms with Gasteiger partial charge in [0.25, 0.3) is 0 Å². The van der Waals surface area contributed by atoms with E-state index in [1.165, 1.54) is 11.1 Å². The highest BCUT2D eigenvalue weighted by molar-refractivity contribution is 9.28. The standard InChI is InChI=1S/C25H22Br2O2/c1-17-12-13-21(18-8-4-2-5-9-18)25(20(17)14-15-23(26)27)16-22(29-24(25)28)19-10-6-3-7-11-19/h2-12,15-16,20-21H,13-14H2,1H3/t20-,21+,25-/m0/s1. The fraction of sp³-hybridized carbons (Fsp3) is 0.240. The third-order valence-corrected chi connectivity index (χ3v) is 6.72. The summed E-state index contributed by atoms with van der Waals surface area (Å²) in [5.74, 6) is 0.578. The van der Waals surface area contributed by atoms with Gasteiger partial charge in [-0.3, -0.25) is 4.79 Å². The molecule has 0 aromatic heterocycles. The van der Waals surface area contributed by atoms with E-state index in [2.05, 4.69) is 69.1 Å². The number of halogens is 2. The Labute approximate surface area is 188 Å². The molecular weight excluding hydrogens is 492 g/mol. The lowest BCUT2D eigenvalue weighted by Gasteiger charge is -2.43. The van der Waals surface area contributed by atoms with Crippen LogP contribution in [0.2, 0.25) is 0 Å². The van der Waals surface area contributed by atoms with E-state index < -0.39 is 5.41 Å². The smallest absolute Gasteiger partial charge is 0.322 e. The minimum absolute atomic E-state index is 0.0280. The number of carbonyl (C=O) groups is 1. The van der Waals surface area contributed by atoms with E-state index in [0.29, 0.717) is 5.76 Å². The molecule has 4 rings (SSSR count). The maximum absolute atomic E-state index is 13.6. The van der Waals surface area contributed by atoms with Crippen molar-refractivity contribution in [2.24, 2.45) is 11.3 Å². The summed E-state index contributed by atoms with van der Waals surface area (Å²) in [5, 5.41) is 0. The van der Waals surface area contributed by atoms with Gasteiger partial charge in [0.2, 0.25) is 0 Å². The van der Waals surface area contributed by atoms with Crippen molar-refractivity contribution in [1.29, 1.82) is 0 Å². The quantitative estimate of drug-likeness (QED) is 0.315. The second kappa shape index (κ2) is 8.45. The molecule has 0 bridgehead atoms. The normalized spacial score (nSPS) is 26.0. The Kier molecular flexibility index (Phi) is 5.93. The van der Waals surface area contributed by atoms with Crippen LogP contribution < -0.4 is 0 Å². The Bertz CT molecular complexity index is 988. The van der Waals surface area contributed by atoms with Gasteiger partial charge in [-0.25, -0.2) is 0 Å². The number of carbonyl (C=O) groups excluding carboxylic acids is 1. The monoisotopic (exact) mass is 512 g/mol. The Morgan fingerprint density at radius 2 is 1.76 bits per heavy atom. The number of esters is 1. The van der Waals surface area contributed by atoms with Crippen molar-refractivity contribution < 1.29 is 9.53 Å². The zero-order valence-electron chi connectivity index (χ0n) is 16.1. The molecule has 4 heteroatoms. The fourth-order valence-electron chi connectivity index (χ4n) is 4.67. The van der Waals surface area contributed by atoms with E-state index >= 15 is 0 Å². The number of rotatable bonds is 4. The van der Waals surface area contributed by atoms with Crippen molar-refractivity contribution in [3.8, 4) is 0 Å². The summed E-state index contributed by atoms with van der Waals surface area (Å²) in [4.78, 5) is 13.6. The van der Waals surface area contributed by atoms with Crippen LogP contribution in [0.1, 0.15) is 36.8 Å². The molecular formula is C25H22Br2O2. The number of hydrogen-bond donors (Lipinski definition) is 0. The van der Waals surface area contributed by atoms with Gasteiger partial charge in [-0.1, -0.05) is 78.4 Å². The van der Waals surface area contributed by atoms with Gasteiger partial charge in [-0.2, -0.15) is 0 Å². The number of benzene rings is 2. The van der Waals surface area contributed by atoms with E-state index in [-0.39, 0.29) is 17.8 Å². The third kappa shape index (κ3) is 3.80. The van der Waals surface area contributed by atoms with Crippen LogP contribution in [-0.2, 0) is 9.53 Å². The van der Waals surface area contributed by atoms with Crippen molar-refractivity contribution >= 4 is 43.6 Å². The molecule has 2 aromatic carbocycles. The van der Waals surface area contributed by atoms with Gasteiger partial charge in [0.1, 0.15) is 11.2 Å². The molecule has 1 aliphatic carbocycles. The molecule has 1 heterocycles. The summed E-state index contributed by atoms with van der Waals surface area (Å²) >= 11 is 6.94. The maximum atomic E-state index is 13.6. The first-order chi connectivity index (χ1) is 14.0. The summed E-state index contributed by atoms with van der Waals surface area (Å²) in [6.45, 7) is 2.13. The van der Waals surface area contributed by atoms with Crippen LogP contribution >= 0.6 is 31.9 Å². The van der Waals surface area contributed by atoms with Crippen LogP contribution in [0.4, 0.5) is 0 Å². The first-order valence-corrected chi connectivity index (χ1v) is 11.3. The van der Waals surface area contributed by atoms with Gasteiger partial charge >= 0.3 is 5.97 Å². The van der Waals surface area contributed by atoms with Crippen LogP contribution in [-0.4, -0.2) is 5.97 Å². The van der Waals surface area contributed by atoms with Crippen LogP contribution in [0, 0.1) is 11.3 Å². The van der Waals surface area contributed by atoms with Crippen molar-refractivity contribution in [2.75, 3.05) is 0 Å². The lowest BCUT2D eigenvalue weighted by atomic mass is 9.57. The average Bonchev–Trinajstić information content (AvgIpc) is 3.06. The second-order valence-corrected chi connectivity index (χ2v) is 10.4. The lowest BCUT2D eigenvalue weighted by Crippen LogP contribution is -2.43. The average molecular weight is 514 g/mol. The molecule has 1 spiro atoms. The first-order valence-electron chi connectivity index (χ1n) is 9.75. The van der Waals surface area contributed by atoms with E-state index in [1.54, 1.807) is 0 Å². The molecule has 0 saturated carbocycles. The van der Waals surface area contributed by atoms with E-state index in [1.807, 2.05) is 48.5 Å². The van der Waals surface area contributed by atoms with Gasteiger partial charge < -0.3 is 4.74 Å². The Hall–Kier alpha value is -1.91. The molecule has 0 radical (unpaired) electrons. The first kappa shape index (κ1) is 20.4. The van der Waals surface area contributed by atoms with Crippen LogP contribution in [0.5, 0.6) is 0 Å². The molecule has 0 saturated heterocycles. The summed E-state index contributed by atoms with van der Waals surface area (Å²) in [6, 6.07) is 20.2. The summed E-state index contributed by atoms with van der Waals surface area (Å²) in [6.07, 6.45) is 8.02. The molecule has 3 atom stereocenters. The Balaban J connectivity index is 1.89. The van der Waals surface area contributed by atoms with Gasteiger partial charge in [-0.05, 0) is 63.3 Å². The van der Waals surface area contributed by atoms with E-state index in [0.717, 1.165) is 21.8 Å². The maximum Gasteiger partial charge on any atom is 0.322 e. The zero-order valence-corrected chi connectivity index (χ0v) is 19.3. The van der Waals surface area contributed by atoms with Crippen LogP contribution in [0.15, 0.2) is 87.9 Å². The number of cyclic esters (lactones) is 1.